The Balaban J connectivity index is 2.03. The lowest BCUT2D eigenvalue weighted by Gasteiger charge is -2.35. The lowest BCUT2D eigenvalue weighted by molar-refractivity contribution is -0.0526. The fraction of sp³-hybridized carbons (Fsp3) is 0.688. The van der Waals surface area contributed by atoms with E-state index in [1.54, 1.807) is 0 Å². The molecule has 2 N–H and O–H groups in total. The van der Waals surface area contributed by atoms with Crippen molar-refractivity contribution in [3.05, 3.63) is 29.6 Å². The molecule has 1 aliphatic carbocycles. The van der Waals surface area contributed by atoms with Crippen LogP contribution in [0.4, 0.5) is 0 Å². The number of ether oxygens (including phenoxy) is 1. The Morgan fingerprint density at radius 1 is 1.32 bits per heavy atom. The molecule has 0 radical (unpaired) electrons. The number of nitrogens with two attached hydrogens (primary N) is 1. The Bertz CT molecular complexity index is 382. The van der Waals surface area contributed by atoms with E-state index in [9.17, 15) is 0 Å². The molecule has 0 bridgehead atoms. The molecule has 2 rings (SSSR count). The minimum absolute atomic E-state index is 0.0509. The van der Waals surface area contributed by atoms with Crippen LogP contribution in [0.1, 0.15) is 50.8 Å². The summed E-state index contributed by atoms with van der Waals surface area (Å²) in [6.07, 6.45) is 8.45. The summed E-state index contributed by atoms with van der Waals surface area (Å²) in [7, 11) is 0. The lowest BCUT2D eigenvalue weighted by Crippen LogP contribution is -2.49. The molecule has 3 heteroatoms. The molecule has 1 heterocycles. The predicted octanol–water partition coefficient (Wildman–Crippen LogP) is 2.86. The van der Waals surface area contributed by atoms with Crippen molar-refractivity contribution in [3.63, 3.8) is 0 Å². The molecule has 106 valence electrons. The summed E-state index contributed by atoms with van der Waals surface area (Å²) in [5.41, 5.74) is 8.68. The van der Waals surface area contributed by atoms with Gasteiger partial charge in [0.2, 0.25) is 0 Å². The highest BCUT2D eigenvalue weighted by Gasteiger charge is 2.40. The molecule has 0 aliphatic heterocycles. The van der Waals surface area contributed by atoms with Crippen LogP contribution in [0.5, 0.6) is 0 Å². The van der Waals surface area contributed by atoms with Crippen LogP contribution in [0.3, 0.4) is 0 Å². The van der Waals surface area contributed by atoms with Crippen LogP contribution in [0, 0.1) is 0 Å². The average Bonchev–Trinajstić information content (AvgIpc) is 2.90. The number of aromatic nitrogens is 1. The second-order valence-corrected chi connectivity index (χ2v) is 5.53. The molecule has 1 aromatic heterocycles. The van der Waals surface area contributed by atoms with Crippen molar-refractivity contribution in [1.82, 2.24) is 4.98 Å². The monoisotopic (exact) mass is 262 g/mol. The van der Waals surface area contributed by atoms with E-state index in [2.05, 4.69) is 31.0 Å². The van der Waals surface area contributed by atoms with Gasteiger partial charge in [-0.1, -0.05) is 25.8 Å². The van der Waals surface area contributed by atoms with Gasteiger partial charge < -0.3 is 10.5 Å². The number of pyridine rings is 1. The SMILES string of the molecule is CCOC1(C(N)Cc2ccc(CC)cn2)CCCC1. The van der Waals surface area contributed by atoms with Crippen LogP contribution in [-0.4, -0.2) is 23.2 Å². The van der Waals surface area contributed by atoms with E-state index in [1.165, 1.54) is 18.4 Å². The Labute approximate surface area is 116 Å². The maximum absolute atomic E-state index is 6.44. The van der Waals surface area contributed by atoms with Gasteiger partial charge in [-0.2, -0.15) is 0 Å². The van der Waals surface area contributed by atoms with Gasteiger partial charge in [-0.15, -0.1) is 0 Å². The maximum Gasteiger partial charge on any atom is 0.0836 e. The standard InChI is InChI=1S/C16H26N2O/c1-3-13-7-8-14(18-12-13)11-15(17)16(19-4-2)9-5-6-10-16/h7-8,12,15H,3-6,9-11,17H2,1-2H3. The minimum atomic E-state index is -0.111. The molecule has 3 nitrogen and oxygen atoms in total. The van der Waals surface area contributed by atoms with Crippen molar-refractivity contribution >= 4 is 0 Å². The van der Waals surface area contributed by atoms with Crippen molar-refractivity contribution in [2.24, 2.45) is 5.73 Å². The second kappa shape index (κ2) is 6.49. The van der Waals surface area contributed by atoms with Crippen molar-refractivity contribution in [2.45, 2.75) is 64.0 Å². The molecular formula is C16H26N2O. The topological polar surface area (TPSA) is 48.1 Å². The summed E-state index contributed by atoms with van der Waals surface area (Å²) in [4.78, 5) is 4.52. The van der Waals surface area contributed by atoms with E-state index >= 15 is 0 Å². The van der Waals surface area contributed by atoms with Crippen LogP contribution in [0.15, 0.2) is 18.3 Å². The molecule has 1 saturated carbocycles. The van der Waals surface area contributed by atoms with E-state index in [4.69, 9.17) is 10.5 Å². The third-order valence-electron chi connectivity index (χ3n) is 4.28. The van der Waals surface area contributed by atoms with Gasteiger partial charge in [0, 0.05) is 31.0 Å². The highest BCUT2D eigenvalue weighted by atomic mass is 16.5. The molecule has 0 saturated heterocycles. The van der Waals surface area contributed by atoms with Gasteiger partial charge in [0.25, 0.3) is 0 Å². The number of hydrogen-bond acceptors (Lipinski definition) is 3. The van der Waals surface area contributed by atoms with E-state index < -0.39 is 0 Å². The first-order valence-electron chi connectivity index (χ1n) is 7.53. The maximum atomic E-state index is 6.44. The summed E-state index contributed by atoms with van der Waals surface area (Å²) >= 11 is 0. The number of aryl methyl sites for hydroxylation is 1. The molecule has 0 spiro atoms. The van der Waals surface area contributed by atoms with Gasteiger partial charge in [-0.05, 0) is 37.8 Å². The van der Waals surface area contributed by atoms with Crippen LogP contribution in [-0.2, 0) is 17.6 Å². The molecule has 0 amide bonds. The van der Waals surface area contributed by atoms with Gasteiger partial charge in [0.1, 0.15) is 0 Å². The van der Waals surface area contributed by atoms with Gasteiger partial charge in [0.15, 0.2) is 0 Å². The Morgan fingerprint density at radius 2 is 2.05 bits per heavy atom. The predicted molar refractivity (Wildman–Crippen MR) is 78.1 cm³/mol. The number of hydrogen-bond donors (Lipinski definition) is 1. The Morgan fingerprint density at radius 3 is 2.58 bits per heavy atom. The lowest BCUT2D eigenvalue weighted by atomic mass is 9.89. The molecule has 0 aromatic carbocycles. The summed E-state index contributed by atoms with van der Waals surface area (Å²) in [6.45, 7) is 4.95. The van der Waals surface area contributed by atoms with Crippen molar-refractivity contribution in [3.8, 4) is 0 Å². The van der Waals surface area contributed by atoms with Crippen LogP contribution in [0.25, 0.3) is 0 Å². The third kappa shape index (κ3) is 3.34. The Kier molecular flexibility index (Phi) is 4.94. The fourth-order valence-electron chi connectivity index (χ4n) is 3.08. The van der Waals surface area contributed by atoms with Gasteiger partial charge in [-0.25, -0.2) is 0 Å². The van der Waals surface area contributed by atoms with E-state index in [0.29, 0.717) is 0 Å². The highest BCUT2D eigenvalue weighted by molar-refractivity contribution is 5.15. The summed E-state index contributed by atoms with van der Waals surface area (Å²) in [6, 6.07) is 4.31. The zero-order valence-electron chi connectivity index (χ0n) is 12.2. The first kappa shape index (κ1) is 14.5. The van der Waals surface area contributed by atoms with Gasteiger partial charge in [-0.3, -0.25) is 4.98 Å². The zero-order chi connectivity index (χ0) is 13.7. The first-order valence-corrected chi connectivity index (χ1v) is 7.53. The highest BCUT2D eigenvalue weighted by Crippen LogP contribution is 2.36. The largest absolute Gasteiger partial charge is 0.374 e. The van der Waals surface area contributed by atoms with Gasteiger partial charge in [0.05, 0.1) is 5.60 Å². The minimum Gasteiger partial charge on any atom is -0.374 e. The van der Waals surface area contributed by atoms with E-state index in [-0.39, 0.29) is 11.6 Å². The molecule has 19 heavy (non-hydrogen) atoms. The molecular weight excluding hydrogens is 236 g/mol. The average molecular weight is 262 g/mol. The summed E-state index contributed by atoms with van der Waals surface area (Å²) in [5.74, 6) is 0. The number of nitrogens with zero attached hydrogens (tertiary/aromatic N) is 1. The molecule has 1 aromatic rings. The second-order valence-electron chi connectivity index (χ2n) is 5.53. The molecule has 1 atom stereocenters. The summed E-state index contributed by atoms with van der Waals surface area (Å²) < 4.78 is 6.02. The van der Waals surface area contributed by atoms with Crippen molar-refractivity contribution in [2.75, 3.05) is 6.61 Å². The fourth-order valence-corrected chi connectivity index (χ4v) is 3.08. The summed E-state index contributed by atoms with van der Waals surface area (Å²) in [5, 5.41) is 0. The van der Waals surface area contributed by atoms with Crippen LogP contribution in [0.2, 0.25) is 0 Å². The van der Waals surface area contributed by atoms with Gasteiger partial charge >= 0.3 is 0 Å². The molecule has 1 unspecified atom stereocenters. The molecule has 1 fully saturated rings. The van der Waals surface area contributed by atoms with Crippen LogP contribution >= 0.6 is 0 Å². The van der Waals surface area contributed by atoms with Crippen molar-refractivity contribution < 1.29 is 4.74 Å². The van der Waals surface area contributed by atoms with Crippen LogP contribution < -0.4 is 5.73 Å². The zero-order valence-corrected chi connectivity index (χ0v) is 12.2. The third-order valence-corrected chi connectivity index (χ3v) is 4.28. The van der Waals surface area contributed by atoms with E-state index in [1.807, 2.05) is 6.20 Å². The smallest absolute Gasteiger partial charge is 0.0836 e. The quantitative estimate of drug-likeness (QED) is 0.857. The first-order chi connectivity index (χ1) is 9.20. The van der Waals surface area contributed by atoms with Crippen molar-refractivity contribution in [1.29, 1.82) is 0 Å². The number of rotatable bonds is 6. The van der Waals surface area contributed by atoms with E-state index in [0.717, 1.165) is 38.0 Å². The normalized spacial score (nSPS) is 19.5. The Hall–Kier alpha value is -0.930. The molecule has 1 aliphatic rings.